The Labute approximate surface area is 305 Å². The van der Waals surface area contributed by atoms with Crippen LogP contribution < -0.4 is 0 Å². The molecule has 11 rings (SSSR count). The summed E-state index contributed by atoms with van der Waals surface area (Å²) >= 11 is 5.44. The van der Waals surface area contributed by atoms with E-state index in [-0.39, 0.29) is 0 Å². The summed E-state index contributed by atoms with van der Waals surface area (Å²) in [6.45, 7) is 0. The molecule has 51 heavy (non-hydrogen) atoms. The van der Waals surface area contributed by atoms with Crippen LogP contribution in [0.2, 0.25) is 0 Å². The number of benzene rings is 7. The molecular weight excluding hydrogens is 677 g/mol. The quantitative estimate of drug-likeness (QED) is 0.182. The first-order chi connectivity index (χ1) is 25.2. The molecule has 0 atom stereocenters. The van der Waals surface area contributed by atoms with Crippen molar-refractivity contribution >= 4 is 94.8 Å². The zero-order valence-corrected chi connectivity index (χ0v) is 29.6. The van der Waals surface area contributed by atoms with Crippen LogP contribution in [0.1, 0.15) is 0 Å². The minimum absolute atomic E-state index is 0.886. The van der Waals surface area contributed by atoms with E-state index in [9.17, 15) is 0 Å². The molecule has 0 radical (unpaired) electrons. The van der Waals surface area contributed by atoms with Gasteiger partial charge in [0.1, 0.15) is 10.3 Å². The van der Waals surface area contributed by atoms with Gasteiger partial charge in [-0.2, -0.15) is 0 Å². The molecule has 0 fully saturated rings. The number of aromatic nitrogens is 2. The lowest BCUT2D eigenvalue weighted by molar-refractivity contribution is 1.32. The van der Waals surface area contributed by atoms with Gasteiger partial charge in [-0.05, 0) is 69.8 Å². The molecule has 7 aromatic carbocycles. The molecule has 0 spiro atoms. The average Bonchev–Trinajstić information content (AvgIpc) is 3.89. The van der Waals surface area contributed by atoms with Crippen LogP contribution >= 0.6 is 34.0 Å². The second kappa shape index (κ2) is 11.4. The molecule has 0 unspecified atom stereocenters. The molecule has 11 aromatic rings. The van der Waals surface area contributed by atoms with Crippen molar-refractivity contribution in [1.29, 1.82) is 0 Å². The smallest absolute Gasteiger partial charge is 0.143 e. The Morgan fingerprint density at radius 1 is 0.373 bits per heavy atom. The molecule has 0 aliphatic rings. The third-order valence-corrected chi connectivity index (χ3v) is 13.5. The fraction of sp³-hybridized carbons (Fsp3) is 0. The topological polar surface area (TPSA) is 25.8 Å². The maximum Gasteiger partial charge on any atom is 0.143 e. The van der Waals surface area contributed by atoms with Crippen LogP contribution in [0.3, 0.4) is 0 Å². The first kappa shape index (κ1) is 29.1. The van der Waals surface area contributed by atoms with Crippen molar-refractivity contribution in [3.05, 3.63) is 158 Å². The normalized spacial score (nSPS) is 11.9. The maximum atomic E-state index is 5.27. The van der Waals surface area contributed by atoms with Crippen molar-refractivity contribution in [1.82, 2.24) is 9.97 Å². The minimum Gasteiger partial charge on any atom is -0.243 e. The van der Waals surface area contributed by atoms with Gasteiger partial charge in [0.15, 0.2) is 0 Å². The monoisotopic (exact) mass is 702 g/mol. The number of rotatable bonds is 4. The molecule has 0 N–H and O–H groups in total. The van der Waals surface area contributed by atoms with E-state index in [2.05, 4.69) is 152 Å². The molecule has 238 valence electrons. The molecule has 2 nitrogen and oxygen atoms in total. The van der Waals surface area contributed by atoms with Crippen molar-refractivity contribution in [2.45, 2.75) is 0 Å². The number of fused-ring (bicyclic) bond motifs is 9. The lowest BCUT2D eigenvalue weighted by Gasteiger charge is -2.08. The summed E-state index contributed by atoms with van der Waals surface area (Å²) in [7, 11) is 0. The molecule has 4 heterocycles. The van der Waals surface area contributed by atoms with Gasteiger partial charge in [-0.3, -0.25) is 0 Å². The first-order valence-electron chi connectivity index (χ1n) is 17.0. The SMILES string of the molecule is c1cc(-c2ccc3sc4ncc(-c5cccc(-c6cccc7c6sc6ccccc67)c5)nc4c3c2)cc(-c2cccc3c2sc2ccccc23)c1. The maximum absolute atomic E-state index is 5.27. The number of thiophene rings is 3. The Bertz CT molecular complexity index is 2950. The predicted molar refractivity (Wildman–Crippen MR) is 222 cm³/mol. The third kappa shape index (κ3) is 4.66. The number of nitrogens with zero attached hydrogens (tertiary/aromatic N) is 2. The Morgan fingerprint density at radius 3 is 1.59 bits per heavy atom. The van der Waals surface area contributed by atoms with Gasteiger partial charge in [0.2, 0.25) is 0 Å². The van der Waals surface area contributed by atoms with Crippen LogP contribution in [0.15, 0.2) is 158 Å². The van der Waals surface area contributed by atoms with E-state index in [1.807, 2.05) is 28.9 Å². The van der Waals surface area contributed by atoms with Crippen LogP contribution in [0, 0.1) is 0 Å². The zero-order chi connectivity index (χ0) is 33.5. The average molecular weight is 703 g/mol. The molecule has 0 saturated heterocycles. The summed E-state index contributed by atoms with van der Waals surface area (Å²) in [4.78, 5) is 11.2. The highest BCUT2D eigenvalue weighted by Crippen LogP contribution is 2.43. The van der Waals surface area contributed by atoms with Crippen molar-refractivity contribution in [3.8, 4) is 44.6 Å². The van der Waals surface area contributed by atoms with E-state index >= 15 is 0 Å². The summed E-state index contributed by atoms with van der Waals surface area (Å²) in [6.07, 6.45) is 1.93. The van der Waals surface area contributed by atoms with E-state index < -0.39 is 0 Å². The summed E-state index contributed by atoms with van der Waals surface area (Å²) in [5, 5.41) is 6.41. The van der Waals surface area contributed by atoms with Gasteiger partial charge < -0.3 is 0 Å². The minimum atomic E-state index is 0.886. The van der Waals surface area contributed by atoms with Gasteiger partial charge in [0, 0.05) is 56.0 Å². The lowest BCUT2D eigenvalue weighted by atomic mass is 9.97. The zero-order valence-electron chi connectivity index (χ0n) is 27.1. The van der Waals surface area contributed by atoms with Crippen molar-refractivity contribution < 1.29 is 0 Å². The molecule has 4 aromatic heterocycles. The van der Waals surface area contributed by atoms with E-state index in [4.69, 9.17) is 9.97 Å². The van der Waals surface area contributed by atoms with Crippen LogP contribution in [-0.2, 0) is 0 Å². The van der Waals surface area contributed by atoms with Gasteiger partial charge in [0.25, 0.3) is 0 Å². The van der Waals surface area contributed by atoms with Gasteiger partial charge in [-0.25, -0.2) is 9.97 Å². The fourth-order valence-corrected chi connectivity index (χ4v) is 11.0. The molecule has 5 heteroatoms. The van der Waals surface area contributed by atoms with Gasteiger partial charge in [0.05, 0.1) is 11.9 Å². The van der Waals surface area contributed by atoms with Crippen LogP contribution in [0.5, 0.6) is 0 Å². The summed E-state index contributed by atoms with van der Waals surface area (Å²) in [5.41, 5.74) is 10.2. The molecule has 0 aliphatic heterocycles. The van der Waals surface area contributed by atoms with Crippen molar-refractivity contribution in [3.63, 3.8) is 0 Å². The fourth-order valence-electron chi connectivity index (χ4n) is 7.52. The second-order valence-electron chi connectivity index (χ2n) is 12.9. The van der Waals surface area contributed by atoms with Crippen molar-refractivity contribution in [2.75, 3.05) is 0 Å². The standard InChI is InChI=1S/C46H26N2S3/c1-3-19-40-34(13-1)36-17-7-15-32(44(36)49-40)29-10-5-9-27(23-29)28-21-22-42-38(25-28)43-46(51-42)47-26-39(48-43)31-12-6-11-30(24-31)33-16-8-18-37-35-14-2-4-20-41(35)50-45(33)37/h1-26H. The van der Waals surface area contributed by atoms with E-state index in [0.29, 0.717) is 0 Å². The molecule has 0 amide bonds. The van der Waals surface area contributed by atoms with E-state index in [1.54, 1.807) is 11.3 Å². The molecule has 0 aliphatic carbocycles. The predicted octanol–water partition coefficient (Wildman–Crippen LogP) is 14.2. The molecule has 0 saturated carbocycles. The Hall–Kier alpha value is -5.72. The molecule has 0 bridgehead atoms. The first-order valence-corrected chi connectivity index (χ1v) is 19.4. The van der Waals surface area contributed by atoms with E-state index in [0.717, 1.165) is 27.0 Å². The highest BCUT2D eigenvalue weighted by atomic mass is 32.1. The second-order valence-corrected chi connectivity index (χ2v) is 16.1. The number of hydrogen-bond acceptors (Lipinski definition) is 5. The Kier molecular flexibility index (Phi) is 6.50. The van der Waals surface area contributed by atoms with Crippen molar-refractivity contribution in [2.24, 2.45) is 0 Å². The summed E-state index contributed by atoms with van der Waals surface area (Å²) < 4.78 is 6.49. The van der Waals surface area contributed by atoms with E-state index in [1.165, 1.54) is 78.4 Å². The Morgan fingerprint density at radius 2 is 0.902 bits per heavy atom. The summed E-state index contributed by atoms with van der Waals surface area (Å²) in [6, 6.07) is 55.2. The number of hydrogen-bond donors (Lipinski definition) is 0. The lowest BCUT2D eigenvalue weighted by Crippen LogP contribution is -1.88. The van der Waals surface area contributed by atoms with Gasteiger partial charge in [-0.1, -0.05) is 115 Å². The van der Waals surface area contributed by atoms with Crippen LogP contribution in [0.25, 0.3) is 105 Å². The highest BCUT2D eigenvalue weighted by Gasteiger charge is 2.15. The Balaban J connectivity index is 0.994. The molecular formula is C46H26N2S3. The highest BCUT2D eigenvalue weighted by molar-refractivity contribution is 7.27. The van der Waals surface area contributed by atoms with Crippen LogP contribution in [0.4, 0.5) is 0 Å². The third-order valence-electron chi connectivity index (χ3n) is 9.97. The van der Waals surface area contributed by atoms with Gasteiger partial charge >= 0.3 is 0 Å². The largest absolute Gasteiger partial charge is 0.243 e. The van der Waals surface area contributed by atoms with Gasteiger partial charge in [-0.15, -0.1) is 34.0 Å². The summed E-state index contributed by atoms with van der Waals surface area (Å²) in [5.74, 6) is 0. The van der Waals surface area contributed by atoms with Crippen LogP contribution in [-0.4, -0.2) is 9.97 Å².